The van der Waals surface area contributed by atoms with Crippen LogP contribution in [0.3, 0.4) is 0 Å². The first-order valence-corrected chi connectivity index (χ1v) is 12.6. The number of cyclic esters (lactones) is 1. The number of hydrogen-bond donors (Lipinski definition) is 1. The zero-order valence-corrected chi connectivity index (χ0v) is 21.3. The number of piperidine rings is 1. The van der Waals surface area contributed by atoms with Crippen LogP contribution in [0.25, 0.3) is 0 Å². The molecule has 2 fully saturated rings. The van der Waals surface area contributed by atoms with Gasteiger partial charge < -0.3 is 14.7 Å². The van der Waals surface area contributed by atoms with Gasteiger partial charge in [-0.2, -0.15) is 0 Å². The molecule has 2 aromatic carbocycles. The molecule has 4 unspecified atom stereocenters. The minimum absolute atomic E-state index is 0.233. The Bertz CT molecular complexity index is 1120. The highest BCUT2D eigenvalue weighted by atomic mass is 35.5. The Kier molecular flexibility index (Phi) is 7.43. The fraction of sp³-hybridized carbons (Fsp3) is 0.444. The quantitative estimate of drug-likeness (QED) is 0.454. The van der Waals surface area contributed by atoms with Crippen molar-refractivity contribution >= 4 is 41.0 Å². The standard InChI is InChI=1S/C27H29Cl2NO5/c1-3-21(22-11-12-24(33)35-22)30-25(16-7-9-18(28)10-8-16)20(17-5-4-6-19(29)13-17)14-27(2,26(30)34)15-23(31)32/h4-10,13,20-22,25H,3,11-12,14-15H2,1-2H3,(H,31,32)/t20?,21-,22?,25?,27?/m0/s1. The number of carbonyl (C=O) groups excluding carboxylic acids is 2. The first-order chi connectivity index (χ1) is 16.6. The molecular formula is C27H29Cl2NO5. The van der Waals surface area contributed by atoms with E-state index in [1.165, 1.54) is 0 Å². The monoisotopic (exact) mass is 517 g/mol. The summed E-state index contributed by atoms with van der Waals surface area (Å²) in [5.74, 6) is -1.78. The number of carbonyl (C=O) groups is 3. The minimum Gasteiger partial charge on any atom is -0.481 e. The second-order valence-electron chi connectivity index (χ2n) is 9.75. The van der Waals surface area contributed by atoms with Gasteiger partial charge in [0.25, 0.3) is 0 Å². The number of ether oxygens (including phenoxy) is 1. The third-order valence-corrected chi connectivity index (χ3v) is 7.74. The number of hydrogen-bond acceptors (Lipinski definition) is 4. The normalized spacial score (nSPS) is 27.5. The number of aliphatic carboxylic acids is 1. The number of carboxylic acids is 1. The van der Waals surface area contributed by atoms with E-state index in [-0.39, 0.29) is 24.2 Å². The Morgan fingerprint density at radius 2 is 1.86 bits per heavy atom. The molecule has 0 spiro atoms. The van der Waals surface area contributed by atoms with Gasteiger partial charge in [0.1, 0.15) is 6.10 Å². The fourth-order valence-electron chi connectivity index (χ4n) is 5.70. The Balaban J connectivity index is 1.90. The number of rotatable bonds is 7. The molecular weight excluding hydrogens is 489 g/mol. The number of nitrogens with zero attached hydrogens (tertiary/aromatic N) is 1. The van der Waals surface area contributed by atoms with Crippen molar-refractivity contribution in [3.63, 3.8) is 0 Å². The van der Waals surface area contributed by atoms with Gasteiger partial charge in [-0.15, -0.1) is 0 Å². The average molecular weight is 518 g/mol. The van der Waals surface area contributed by atoms with Crippen LogP contribution in [0.15, 0.2) is 48.5 Å². The van der Waals surface area contributed by atoms with Gasteiger partial charge in [0, 0.05) is 22.4 Å². The van der Waals surface area contributed by atoms with E-state index in [1.54, 1.807) is 30.0 Å². The Labute approximate surface area is 215 Å². The van der Waals surface area contributed by atoms with E-state index in [9.17, 15) is 19.5 Å². The molecule has 0 bridgehead atoms. The fourth-order valence-corrected chi connectivity index (χ4v) is 6.03. The summed E-state index contributed by atoms with van der Waals surface area (Å²) in [6.07, 6.45) is 0.972. The van der Waals surface area contributed by atoms with Gasteiger partial charge in [0.2, 0.25) is 5.91 Å². The van der Waals surface area contributed by atoms with Crippen molar-refractivity contribution in [3.8, 4) is 0 Å². The lowest BCUT2D eigenvalue weighted by Crippen LogP contribution is -2.58. The van der Waals surface area contributed by atoms with Gasteiger partial charge in [0.15, 0.2) is 0 Å². The first kappa shape index (κ1) is 25.5. The Morgan fingerprint density at radius 1 is 1.14 bits per heavy atom. The highest BCUT2D eigenvalue weighted by Crippen LogP contribution is 2.52. The molecule has 1 N–H and O–H groups in total. The van der Waals surface area contributed by atoms with Gasteiger partial charge in [-0.05, 0) is 54.7 Å². The van der Waals surface area contributed by atoms with E-state index >= 15 is 0 Å². The molecule has 2 aliphatic heterocycles. The zero-order valence-electron chi connectivity index (χ0n) is 19.7. The third kappa shape index (κ3) is 5.19. The number of esters is 1. The van der Waals surface area contributed by atoms with Crippen molar-refractivity contribution in [1.82, 2.24) is 4.90 Å². The number of benzene rings is 2. The molecule has 186 valence electrons. The average Bonchev–Trinajstić information content (AvgIpc) is 3.23. The summed E-state index contributed by atoms with van der Waals surface area (Å²) >= 11 is 12.5. The summed E-state index contributed by atoms with van der Waals surface area (Å²) in [6, 6.07) is 14.1. The van der Waals surface area contributed by atoms with E-state index in [0.717, 1.165) is 11.1 Å². The molecule has 2 saturated heterocycles. The Hall–Kier alpha value is -2.57. The Morgan fingerprint density at radius 3 is 2.43 bits per heavy atom. The van der Waals surface area contributed by atoms with E-state index in [4.69, 9.17) is 27.9 Å². The maximum atomic E-state index is 14.2. The first-order valence-electron chi connectivity index (χ1n) is 11.9. The molecule has 1 amide bonds. The van der Waals surface area contributed by atoms with Crippen LogP contribution < -0.4 is 0 Å². The molecule has 0 radical (unpaired) electrons. The highest BCUT2D eigenvalue weighted by molar-refractivity contribution is 6.30. The molecule has 0 aromatic heterocycles. The van der Waals surface area contributed by atoms with Crippen LogP contribution in [0.4, 0.5) is 0 Å². The molecule has 0 aliphatic carbocycles. The van der Waals surface area contributed by atoms with Crippen LogP contribution in [0.5, 0.6) is 0 Å². The number of carboxylic acid groups (broad SMARTS) is 1. The second kappa shape index (κ2) is 10.2. The van der Waals surface area contributed by atoms with Crippen LogP contribution in [-0.2, 0) is 19.1 Å². The zero-order chi connectivity index (χ0) is 25.3. The third-order valence-electron chi connectivity index (χ3n) is 7.25. The van der Waals surface area contributed by atoms with Crippen molar-refractivity contribution in [2.24, 2.45) is 5.41 Å². The summed E-state index contributed by atoms with van der Waals surface area (Å²) in [5, 5.41) is 10.9. The van der Waals surface area contributed by atoms with Gasteiger partial charge in [0.05, 0.1) is 23.9 Å². The van der Waals surface area contributed by atoms with E-state index in [2.05, 4.69) is 0 Å². The van der Waals surface area contributed by atoms with Crippen molar-refractivity contribution in [1.29, 1.82) is 0 Å². The summed E-state index contributed by atoms with van der Waals surface area (Å²) in [5.41, 5.74) is 0.662. The lowest BCUT2D eigenvalue weighted by Gasteiger charge is -2.52. The molecule has 8 heteroatoms. The lowest BCUT2D eigenvalue weighted by atomic mass is 9.66. The molecule has 0 saturated carbocycles. The number of halogens is 2. The number of amides is 1. The highest BCUT2D eigenvalue weighted by Gasteiger charge is 2.54. The molecule has 2 aromatic rings. The van der Waals surface area contributed by atoms with Crippen LogP contribution in [0.1, 0.15) is 69.0 Å². The smallest absolute Gasteiger partial charge is 0.306 e. The summed E-state index contributed by atoms with van der Waals surface area (Å²) in [6.45, 7) is 3.68. The van der Waals surface area contributed by atoms with Gasteiger partial charge in [-0.25, -0.2) is 0 Å². The van der Waals surface area contributed by atoms with Crippen LogP contribution in [-0.4, -0.2) is 40.0 Å². The van der Waals surface area contributed by atoms with Gasteiger partial charge in [-0.3, -0.25) is 14.4 Å². The maximum Gasteiger partial charge on any atom is 0.306 e. The van der Waals surface area contributed by atoms with E-state index in [1.807, 2.05) is 37.3 Å². The predicted octanol–water partition coefficient (Wildman–Crippen LogP) is 6.02. The van der Waals surface area contributed by atoms with Crippen LogP contribution in [0.2, 0.25) is 10.0 Å². The topological polar surface area (TPSA) is 83.9 Å². The molecule has 2 aliphatic rings. The van der Waals surface area contributed by atoms with E-state index < -0.39 is 29.6 Å². The van der Waals surface area contributed by atoms with E-state index in [0.29, 0.717) is 35.7 Å². The van der Waals surface area contributed by atoms with Crippen LogP contribution in [0, 0.1) is 5.41 Å². The van der Waals surface area contributed by atoms with Crippen molar-refractivity contribution in [2.45, 2.75) is 70.1 Å². The second-order valence-corrected chi connectivity index (χ2v) is 10.6. The summed E-state index contributed by atoms with van der Waals surface area (Å²) in [4.78, 5) is 39.8. The van der Waals surface area contributed by atoms with Crippen LogP contribution >= 0.6 is 23.2 Å². The minimum atomic E-state index is -1.14. The van der Waals surface area contributed by atoms with Crippen molar-refractivity contribution in [2.75, 3.05) is 0 Å². The molecule has 4 rings (SSSR count). The predicted molar refractivity (Wildman–Crippen MR) is 133 cm³/mol. The van der Waals surface area contributed by atoms with Crippen molar-refractivity contribution in [3.05, 3.63) is 69.7 Å². The molecule has 5 atom stereocenters. The van der Waals surface area contributed by atoms with Crippen molar-refractivity contribution < 1.29 is 24.2 Å². The lowest BCUT2D eigenvalue weighted by molar-refractivity contribution is -0.166. The summed E-state index contributed by atoms with van der Waals surface area (Å²) < 4.78 is 5.64. The molecule has 2 heterocycles. The SMILES string of the molecule is CC[C@@H](C1CCC(=O)O1)N1C(=O)C(C)(CC(=O)O)CC(c2cccc(Cl)c2)C1c1ccc(Cl)cc1. The molecule has 35 heavy (non-hydrogen) atoms. The largest absolute Gasteiger partial charge is 0.481 e. The molecule has 6 nitrogen and oxygen atoms in total. The van der Waals surface area contributed by atoms with Gasteiger partial charge >= 0.3 is 11.9 Å². The van der Waals surface area contributed by atoms with Gasteiger partial charge in [-0.1, -0.05) is 61.3 Å². The maximum absolute atomic E-state index is 14.2. The number of likely N-dealkylation sites (tertiary alicyclic amines) is 1. The summed E-state index contributed by atoms with van der Waals surface area (Å²) in [7, 11) is 0.